The normalized spacial score (nSPS) is 16.5. The van der Waals surface area contributed by atoms with Gasteiger partial charge in [-0.1, -0.05) is 41.4 Å². The highest BCUT2D eigenvalue weighted by atomic mass is 79.9. The minimum absolute atomic E-state index is 0.144. The maximum Gasteiger partial charge on any atom is 0.355 e. The van der Waals surface area contributed by atoms with Crippen LogP contribution < -0.4 is 5.32 Å². The van der Waals surface area contributed by atoms with Gasteiger partial charge in [0, 0.05) is 10.2 Å². The molecule has 0 amide bonds. The van der Waals surface area contributed by atoms with Gasteiger partial charge in [-0.2, -0.15) is 0 Å². The number of esters is 2. The quantitative estimate of drug-likeness (QED) is 0.706. The van der Waals surface area contributed by atoms with Gasteiger partial charge in [-0.3, -0.25) is 0 Å². The first-order chi connectivity index (χ1) is 12.4. The summed E-state index contributed by atoms with van der Waals surface area (Å²) in [6, 6.07) is 12.6. The second-order valence-corrected chi connectivity index (χ2v) is 7.03. The third kappa shape index (κ3) is 3.76. The van der Waals surface area contributed by atoms with Crippen LogP contribution in [0, 0.1) is 13.8 Å². The van der Waals surface area contributed by atoms with E-state index in [1.165, 1.54) is 0 Å². The van der Waals surface area contributed by atoms with Crippen LogP contribution in [-0.4, -0.2) is 18.2 Å². The lowest BCUT2D eigenvalue weighted by atomic mass is 10.1. The summed E-state index contributed by atoms with van der Waals surface area (Å²) in [5.74, 6) is -1.38. The Balaban J connectivity index is 1.84. The summed E-state index contributed by atoms with van der Waals surface area (Å²) < 4.78 is 11.0. The molecule has 0 saturated heterocycles. The molecule has 1 aliphatic rings. The van der Waals surface area contributed by atoms with Crippen LogP contribution in [0.15, 0.2) is 57.7 Å². The van der Waals surface area contributed by atoms with Gasteiger partial charge in [0.25, 0.3) is 6.29 Å². The minimum Gasteiger partial charge on any atom is -0.415 e. The van der Waals surface area contributed by atoms with Gasteiger partial charge < -0.3 is 14.8 Å². The smallest absolute Gasteiger partial charge is 0.355 e. The van der Waals surface area contributed by atoms with E-state index in [1.807, 2.05) is 32.0 Å². The maximum atomic E-state index is 12.4. The zero-order valence-electron chi connectivity index (χ0n) is 14.0. The van der Waals surface area contributed by atoms with Crippen molar-refractivity contribution in [2.75, 3.05) is 5.32 Å². The summed E-state index contributed by atoms with van der Waals surface area (Å²) >= 11 is 9.35. The van der Waals surface area contributed by atoms with Crippen molar-refractivity contribution < 1.29 is 19.1 Å². The number of benzene rings is 2. The zero-order valence-corrected chi connectivity index (χ0v) is 16.3. The lowest BCUT2D eigenvalue weighted by Crippen LogP contribution is -2.24. The van der Waals surface area contributed by atoms with Gasteiger partial charge >= 0.3 is 11.9 Å². The largest absolute Gasteiger partial charge is 0.415 e. The molecule has 0 unspecified atom stereocenters. The molecule has 0 aromatic heterocycles. The molecule has 5 nitrogen and oxygen atoms in total. The Morgan fingerprint density at radius 3 is 2.65 bits per heavy atom. The predicted octanol–water partition coefficient (Wildman–Crippen LogP) is 4.67. The molecule has 2 aromatic rings. The van der Waals surface area contributed by atoms with Crippen LogP contribution in [0.3, 0.4) is 0 Å². The standard InChI is InChI=1S/C19H15BrClNO4/c1-10-7-8-14(11(2)9-10)22-16-15(21)18(24)26-19(16)25-17(23)12-5-3-4-6-13(12)20/h3-9,19,22H,1-2H3/t19-/m0/s1. The summed E-state index contributed by atoms with van der Waals surface area (Å²) in [7, 11) is 0. The average molecular weight is 437 g/mol. The Morgan fingerprint density at radius 1 is 1.23 bits per heavy atom. The van der Waals surface area contributed by atoms with Gasteiger partial charge in [-0.05, 0) is 53.5 Å². The first kappa shape index (κ1) is 18.5. The summed E-state index contributed by atoms with van der Waals surface area (Å²) in [5.41, 5.74) is 3.31. The van der Waals surface area contributed by atoms with Gasteiger partial charge in [0.15, 0.2) is 5.03 Å². The average Bonchev–Trinajstić information content (AvgIpc) is 2.85. The van der Waals surface area contributed by atoms with Crippen molar-refractivity contribution in [2.45, 2.75) is 20.1 Å². The third-order valence-corrected chi connectivity index (χ3v) is 4.87. The molecule has 1 atom stereocenters. The fraction of sp³-hybridized carbons (Fsp3) is 0.158. The van der Waals surface area contributed by atoms with E-state index in [0.717, 1.165) is 16.8 Å². The Labute approximate surface area is 164 Å². The van der Waals surface area contributed by atoms with Crippen LogP contribution in [0.5, 0.6) is 0 Å². The second-order valence-electron chi connectivity index (χ2n) is 5.79. The van der Waals surface area contributed by atoms with E-state index < -0.39 is 18.2 Å². The predicted molar refractivity (Wildman–Crippen MR) is 102 cm³/mol. The second kappa shape index (κ2) is 7.51. The molecule has 26 heavy (non-hydrogen) atoms. The molecule has 0 bridgehead atoms. The van der Waals surface area contributed by atoms with Crippen LogP contribution in [0.2, 0.25) is 0 Å². The van der Waals surface area contributed by atoms with E-state index in [-0.39, 0.29) is 10.7 Å². The van der Waals surface area contributed by atoms with Crippen LogP contribution >= 0.6 is 27.5 Å². The van der Waals surface area contributed by atoms with Gasteiger partial charge in [-0.15, -0.1) is 0 Å². The topological polar surface area (TPSA) is 64.6 Å². The number of carbonyl (C=O) groups excluding carboxylic acids is 2. The minimum atomic E-state index is -1.24. The molecule has 0 radical (unpaired) electrons. The van der Waals surface area contributed by atoms with Crippen LogP contribution in [-0.2, 0) is 14.3 Å². The van der Waals surface area contributed by atoms with Gasteiger partial charge in [0.2, 0.25) is 0 Å². The molecule has 7 heteroatoms. The van der Waals surface area contributed by atoms with Crippen molar-refractivity contribution in [2.24, 2.45) is 0 Å². The highest BCUT2D eigenvalue weighted by Crippen LogP contribution is 2.30. The Morgan fingerprint density at radius 2 is 1.96 bits per heavy atom. The van der Waals surface area contributed by atoms with E-state index in [1.54, 1.807) is 24.3 Å². The number of cyclic esters (lactones) is 1. The first-order valence-electron chi connectivity index (χ1n) is 7.77. The van der Waals surface area contributed by atoms with E-state index >= 15 is 0 Å². The summed E-state index contributed by atoms with van der Waals surface area (Å²) in [6.07, 6.45) is -1.24. The molecule has 1 heterocycles. The fourth-order valence-corrected chi connectivity index (χ4v) is 3.13. The molecule has 134 valence electrons. The molecular weight excluding hydrogens is 422 g/mol. The van der Waals surface area contributed by atoms with E-state index in [9.17, 15) is 9.59 Å². The maximum absolute atomic E-state index is 12.4. The van der Waals surface area contributed by atoms with E-state index in [4.69, 9.17) is 21.1 Å². The Bertz CT molecular complexity index is 926. The summed E-state index contributed by atoms with van der Waals surface area (Å²) in [5, 5.41) is 2.91. The summed E-state index contributed by atoms with van der Waals surface area (Å²) in [6.45, 7) is 3.90. The Hall–Kier alpha value is -2.31. The first-order valence-corrected chi connectivity index (χ1v) is 8.94. The number of ether oxygens (including phenoxy) is 2. The number of aryl methyl sites for hydroxylation is 2. The number of hydrogen-bond donors (Lipinski definition) is 1. The molecule has 3 rings (SSSR count). The molecule has 0 saturated carbocycles. The fourth-order valence-electron chi connectivity index (χ4n) is 2.50. The SMILES string of the molecule is Cc1ccc(NC2=C(Cl)C(=O)O[C@@H]2OC(=O)c2ccccc2Br)c(C)c1. The van der Waals surface area contributed by atoms with Gasteiger partial charge in [0.1, 0.15) is 5.70 Å². The third-order valence-electron chi connectivity index (χ3n) is 3.82. The van der Waals surface area contributed by atoms with Crippen molar-refractivity contribution in [1.29, 1.82) is 0 Å². The van der Waals surface area contributed by atoms with Crippen LogP contribution in [0.1, 0.15) is 21.5 Å². The highest BCUT2D eigenvalue weighted by molar-refractivity contribution is 9.10. The highest BCUT2D eigenvalue weighted by Gasteiger charge is 2.37. The van der Waals surface area contributed by atoms with Crippen molar-refractivity contribution in [3.63, 3.8) is 0 Å². The van der Waals surface area contributed by atoms with Crippen molar-refractivity contribution in [1.82, 2.24) is 0 Å². The Kier molecular flexibility index (Phi) is 5.34. The molecule has 0 aliphatic carbocycles. The summed E-state index contributed by atoms with van der Waals surface area (Å²) in [4.78, 5) is 24.3. The monoisotopic (exact) mass is 435 g/mol. The number of anilines is 1. The number of nitrogens with one attached hydrogen (secondary N) is 1. The van der Waals surface area contributed by atoms with Crippen molar-refractivity contribution >= 4 is 45.2 Å². The number of carbonyl (C=O) groups is 2. The number of rotatable bonds is 4. The number of halogens is 2. The lowest BCUT2D eigenvalue weighted by molar-refractivity contribution is -0.152. The zero-order chi connectivity index (χ0) is 18.8. The number of hydrogen-bond acceptors (Lipinski definition) is 5. The van der Waals surface area contributed by atoms with Crippen LogP contribution in [0.25, 0.3) is 0 Å². The molecule has 1 aliphatic heterocycles. The molecule has 2 aromatic carbocycles. The lowest BCUT2D eigenvalue weighted by Gasteiger charge is -2.18. The van der Waals surface area contributed by atoms with Crippen LogP contribution in [0.4, 0.5) is 5.69 Å². The molecular formula is C19H15BrClNO4. The van der Waals surface area contributed by atoms with Crippen molar-refractivity contribution in [3.8, 4) is 0 Å². The van der Waals surface area contributed by atoms with E-state index in [0.29, 0.717) is 10.0 Å². The molecule has 1 N–H and O–H groups in total. The van der Waals surface area contributed by atoms with Gasteiger partial charge in [0.05, 0.1) is 5.56 Å². The molecule has 0 fully saturated rings. The molecule has 0 spiro atoms. The van der Waals surface area contributed by atoms with E-state index in [2.05, 4.69) is 21.2 Å². The van der Waals surface area contributed by atoms with Crippen molar-refractivity contribution in [3.05, 3.63) is 74.4 Å². The van der Waals surface area contributed by atoms with Gasteiger partial charge in [-0.25, -0.2) is 9.59 Å².